The molecule has 0 aromatic heterocycles. The summed E-state index contributed by atoms with van der Waals surface area (Å²) in [5, 5.41) is 0. The minimum absolute atomic E-state index is 0.0621. The summed E-state index contributed by atoms with van der Waals surface area (Å²) in [5.41, 5.74) is -0.0621. The zero-order valence-electron chi connectivity index (χ0n) is 10.9. The van der Waals surface area contributed by atoms with Crippen molar-refractivity contribution >= 4 is 14.3 Å². The Morgan fingerprint density at radius 3 is 2.44 bits per heavy atom. The maximum absolute atomic E-state index is 11.3. The van der Waals surface area contributed by atoms with Crippen molar-refractivity contribution in [2.75, 3.05) is 7.11 Å². The minimum Gasteiger partial charge on any atom is -0.460 e. The number of carbonyl (C=O) groups is 1. The second kappa shape index (κ2) is 7.63. The van der Waals surface area contributed by atoms with Crippen molar-refractivity contribution in [1.82, 2.24) is 0 Å². The van der Waals surface area contributed by atoms with Crippen LogP contribution in [0.15, 0.2) is 12.7 Å². The third-order valence-electron chi connectivity index (χ3n) is 2.87. The van der Waals surface area contributed by atoms with Crippen LogP contribution >= 0.6 is 0 Å². The summed E-state index contributed by atoms with van der Waals surface area (Å²) >= 11 is 0. The molecule has 0 rings (SSSR count). The van der Waals surface area contributed by atoms with Crippen LogP contribution in [-0.4, -0.2) is 27.1 Å². The molecule has 16 heavy (non-hydrogen) atoms. The second-order valence-corrected chi connectivity index (χ2v) is 8.36. The van der Waals surface area contributed by atoms with Crippen molar-refractivity contribution < 1.29 is 14.0 Å². The lowest BCUT2D eigenvalue weighted by Crippen LogP contribution is -2.49. The molecule has 3 nitrogen and oxygen atoms in total. The van der Waals surface area contributed by atoms with Crippen LogP contribution in [0.3, 0.4) is 0 Å². The van der Waals surface area contributed by atoms with Gasteiger partial charge in [-0.25, -0.2) is 4.79 Å². The molecule has 0 fully saturated rings. The predicted octanol–water partition coefficient (Wildman–Crippen LogP) is 3.06. The molecule has 0 aromatic rings. The molecule has 94 valence electrons. The molecule has 0 aliphatic heterocycles. The first kappa shape index (κ1) is 15.4. The second-order valence-electron chi connectivity index (χ2n) is 4.19. The maximum atomic E-state index is 11.3. The van der Waals surface area contributed by atoms with Crippen LogP contribution in [0.25, 0.3) is 0 Å². The van der Waals surface area contributed by atoms with Crippen molar-refractivity contribution in [2.24, 2.45) is 0 Å². The van der Waals surface area contributed by atoms with Crippen LogP contribution in [0.4, 0.5) is 0 Å². The van der Waals surface area contributed by atoms with Crippen molar-refractivity contribution in [3.05, 3.63) is 12.7 Å². The van der Waals surface area contributed by atoms with E-state index in [4.69, 9.17) is 9.16 Å². The van der Waals surface area contributed by atoms with Gasteiger partial charge in [0.05, 0.1) is 0 Å². The fourth-order valence-corrected chi connectivity index (χ4v) is 4.88. The fraction of sp³-hybridized carbons (Fsp3) is 0.750. The lowest BCUT2D eigenvalue weighted by molar-refractivity contribution is -0.140. The topological polar surface area (TPSA) is 35.5 Å². The molecule has 0 aliphatic carbocycles. The molecule has 0 N–H and O–H groups in total. The van der Waals surface area contributed by atoms with Gasteiger partial charge < -0.3 is 9.16 Å². The van der Waals surface area contributed by atoms with E-state index in [9.17, 15) is 4.79 Å². The molecule has 0 saturated carbocycles. The van der Waals surface area contributed by atoms with Crippen LogP contribution < -0.4 is 0 Å². The summed E-state index contributed by atoms with van der Waals surface area (Å²) in [6.45, 7) is 9.78. The van der Waals surface area contributed by atoms with Gasteiger partial charge >= 0.3 is 5.97 Å². The number of hydrogen-bond acceptors (Lipinski definition) is 3. The van der Waals surface area contributed by atoms with Gasteiger partial charge in [-0.05, 0) is 19.0 Å². The fourth-order valence-electron chi connectivity index (χ4n) is 1.83. The van der Waals surface area contributed by atoms with Crippen molar-refractivity contribution in [2.45, 2.75) is 51.4 Å². The zero-order valence-corrected chi connectivity index (χ0v) is 11.9. The van der Waals surface area contributed by atoms with E-state index in [2.05, 4.69) is 27.0 Å². The van der Waals surface area contributed by atoms with Crippen LogP contribution in [0.1, 0.15) is 33.1 Å². The number of ether oxygens (including phenoxy) is 1. The Morgan fingerprint density at radius 2 is 2.06 bits per heavy atom. The van der Waals surface area contributed by atoms with E-state index in [-0.39, 0.29) is 11.7 Å². The molecule has 0 spiro atoms. The Labute approximate surface area is 100.0 Å². The largest absolute Gasteiger partial charge is 0.460 e. The SMILES string of the molecule is C=CC(=O)OC(CCC)[Si](C)(CCC)OC. The van der Waals surface area contributed by atoms with Gasteiger partial charge in [0.25, 0.3) is 0 Å². The molecule has 0 aliphatic rings. The van der Waals surface area contributed by atoms with Crippen molar-refractivity contribution in [1.29, 1.82) is 0 Å². The highest BCUT2D eigenvalue weighted by atomic mass is 28.4. The summed E-state index contributed by atoms with van der Waals surface area (Å²) in [6.07, 6.45) is 4.14. The summed E-state index contributed by atoms with van der Waals surface area (Å²) < 4.78 is 11.1. The molecule has 0 saturated heterocycles. The molecule has 0 radical (unpaired) electrons. The third kappa shape index (κ3) is 4.49. The Bertz CT molecular complexity index is 230. The number of rotatable bonds is 8. The highest BCUT2D eigenvalue weighted by molar-refractivity contribution is 6.73. The van der Waals surface area contributed by atoms with Crippen molar-refractivity contribution in [3.8, 4) is 0 Å². The third-order valence-corrected chi connectivity index (χ3v) is 7.06. The number of carbonyl (C=O) groups excluding carboxylic acids is 1. The molecule has 0 aromatic carbocycles. The van der Waals surface area contributed by atoms with E-state index in [0.717, 1.165) is 25.3 Å². The lowest BCUT2D eigenvalue weighted by Gasteiger charge is -2.33. The first-order chi connectivity index (χ1) is 7.53. The van der Waals surface area contributed by atoms with Gasteiger partial charge in [0, 0.05) is 13.2 Å². The first-order valence-electron chi connectivity index (χ1n) is 5.92. The summed E-state index contributed by atoms with van der Waals surface area (Å²) in [6, 6.07) is 1.01. The Balaban J connectivity index is 4.69. The molecule has 0 heterocycles. The average molecular weight is 244 g/mol. The van der Waals surface area contributed by atoms with Gasteiger partial charge in [0.1, 0.15) is 5.73 Å². The summed E-state index contributed by atoms with van der Waals surface area (Å²) in [5.74, 6) is -0.342. The van der Waals surface area contributed by atoms with E-state index >= 15 is 0 Å². The lowest BCUT2D eigenvalue weighted by atomic mass is 10.3. The Hall–Kier alpha value is -0.613. The van der Waals surface area contributed by atoms with Gasteiger partial charge in [0.15, 0.2) is 0 Å². The first-order valence-corrected chi connectivity index (χ1v) is 8.61. The molecular weight excluding hydrogens is 220 g/mol. The molecule has 0 bridgehead atoms. The predicted molar refractivity (Wildman–Crippen MR) is 68.7 cm³/mol. The maximum Gasteiger partial charge on any atom is 0.330 e. The van der Waals surface area contributed by atoms with Crippen LogP contribution in [0.5, 0.6) is 0 Å². The van der Waals surface area contributed by atoms with Crippen LogP contribution in [0.2, 0.25) is 12.6 Å². The van der Waals surface area contributed by atoms with Gasteiger partial charge in [-0.2, -0.15) is 0 Å². The number of hydrogen-bond donors (Lipinski definition) is 0. The van der Waals surface area contributed by atoms with E-state index in [1.165, 1.54) is 6.08 Å². The smallest absolute Gasteiger partial charge is 0.330 e. The monoisotopic (exact) mass is 244 g/mol. The van der Waals surface area contributed by atoms with Gasteiger partial charge in [0.2, 0.25) is 8.32 Å². The molecule has 2 unspecified atom stereocenters. The minimum atomic E-state index is -1.94. The average Bonchev–Trinajstić information content (AvgIpc) is 2.28. The van der Waals surface area contributed by atoms with E-state index in [1.54, 1.807) is 7.11 Å². The molecule has 4 heteroatoms. The van der Waals surface area contributed by atoms with Gasteiger partial charge in [-0.1, -0.05) is 33.3 Å². The summed E-state index contributed by atoms with van der Waals surface area (Å²) in [4.78, 5) is 11.3. The van der Waals surface area contributed by atoms with Gasteiger partial charge in [-0.15, -0.1) is 0 Å². The zero-order chi connectivity index (χ0) is 12.6. The van der Waals surface area contributed by atoms with Crippen molar-refractivity contribution in [3.63, 3.8) is 0 Å². The number of esters is 1. The Morgan fingerprint density at radius 1 is 1.44 bits per heavy atom. The van der Waals surface area contributed by atoms with E-state index < -0.39 is 8.32 Å². The standard InChI is InChI=1S/C12H24O3Si/c1-6-9-12(15-11(13)8-3)16(5,14-4)10-7-2/h8,12H,3,6-7,9-10H2,1-2,4-5H3. The van der Waals surface area contributed by atoms with Crippen LogP contribution in [0, 0.1) is 0 Å². The normalized spacial score (nSPS) is 16.2. The molecule has 2 atom stereocenters. The van der Waals surface area contributed by atoms with E-state index in [1.807, 2.05) is 0 Å². The Kier molecular flexibility index (Phi) is 7.33. The summed E-state index contributed by atoms with van der Waals surface area (Å²) in [7, 11) is -0.215. The highest BCUT2D eigenvalue weighted by Gasteiger charge is 2.39. The van der Waals surface area contributed by atoms with E-state index in [0.29, 0.717) is 0 Å². The highest BCUT2D eigenvalue weighted by Crippen LogP contribution is 2.23. The quantitative estimate of drug-likeness (QED) is 0.374. The molecule has 0 amide bonds. The molecular formula is C12H24O3Si. The van der Waals surface area contributed by atoms with Gasteiger partial charge in [-0.3, -0.25) is 0 Å². The van der Waals surface area contributed by atoms with Crippen LogP contribution in [-0.2, 0) is 14.0 Å².